The summed E-state index contributed by atoms with van der Waals surface area (Å²) in [4.78, 5) is 17.1. The highest BCUT2D eigenvalue weighted by molar-refractivity contribution is 5.85. The van der Waals surface area contributed by atoms with Crippen molar-refractivity contribution in [1.29, 1.82) is 0 Å². The van der Waals surface area contributed by atoms with E-state index in [-0.39, 0.29) is 12.4 Å². The minimum Gasteiger partial charge on any atom is -0.480 e. The van der Waals surface area contributed by atoms with Gasteiger partial charge in [0.25, 0.3) is 0 Å². The van der Waals surface area contributed by atoms with Crippen molar-refractivity contribution < 1.29 is 9.90 Å². The number of nitrogens with zero attached hydrogens (tertiary/aromatic N) is 2. The first-order chi connectivity index (χ1) is 8.09. The molecule has 1 aromatic carbocycles. The highest BCUT2D eigenvalue weighted by atomic mass is 35.5. The number of likely N-dealkylation sites (N-methyl/N-ethyl adjacent to an activating group) is 1. The number of carboxylic acid groups (broad SMARTS) is 1. The van der Waals surface area contributed by atoms with Crippen molar-refractivity contribution in [2.45, 2.75) is 6.04 Å². The fraction of sp³-hybridized carbons (Fsp3) is 0.231. The second kappa shape index (κ2) is 5.80. The lowest BCUT2D eigenvalue weighted by Gasteiger charge is -2.20. The summed E-state index contributed by atoms with van der Waals surface area (Å²) in [6.07, 6.45) is 1.63. The Labute approximate surface area is 112 Å². The van der Waals surface area contributed by atoms with Crippen LogP contribution in [0.1, 0.15) is 11.6 Å². The molecule has 1 N–H and O–H groups in total. The van der Waals surface area contributed by atoms with Gasteiger partial charge in [0.1, 0.15) is 6.04 Å². The molecular weight excluding hydrogens is 252 g/mol. The zero-order valence-electron chi connectivity index (χ0n) is 10.2. The van der Waals surface area contributed by atoms with E-state index in [4.69, 9.17) is 0 Å². The van der Waals surface area contributed by atoms with E-state index in [1.807, 2.05) is 30.3 Å². The zero-order valence-corrected chi connectivity index (χ0v) is 11.0. The first kappa shape index (κ1) is 14.4. The number of pyridine rings is 1. The number of hydrogen-bond acceptors (Lipinski definition) is 3. The summed E-state index contributed by atoms with van der Waals surface area (Å²) in [6, 6.07) is 8.88. The highest BCUT2D eigenvalue weighted by Crippen LogP contribution is 2.21. The van der Waals surface area contributed by atoms with Crippen molar-refractivity contribution in [3.8, 4) is 0 Å². The van der Waals surface area contributed by atoms with Gasteiger partial charge >= 0.3 is 5.97 Å². The Hall–Kier alpha value is -1.65. The summed E-state index contributed by atoms with van der Waals surface area (Å²) in [5.41, 5.74) is 1.57. The smallest absolute Gasteiger partial charge is 0.325 e. The van der Waals surface area contributed by atoms with Crippen molar-refractivity contribution in [2.24, 2.45) is 0 Å². The topological polar surface area (TPSA) is 53.4 Å². The first-order valence-electron chi connectivity index (χ1n) is 5.33. The molecule has 4 nitrogen and oxygen atoms in total. The maximum atomic E-state index is 11.2. The lowest BCUT2D eigenvalue weighted by Crippen LogP contribution is -2.27. The molecule has 0 bridgehead atoms. The largest absolute Gasteiger partial charge is 0.480 e. The second-order valence-electron chi connectivity index (χ2n) is 4.17. The molecule has 0 saturated carbocycles. The number of carbonyl (C=O) groups is 1. The van der Waals surface area contributed by atoms with Gasteiger partial charge in [-0.1, -0.05) is 18.2 Å². The van der Waals surface area contributed by atoms with Crippen molar-refractivity contribution >= 4 is 29.3 Å². The van der Waals surface area contributed by atoms with Gasteiger partial charge in [0, 0.05) is 11.6 Å². The molecule has 1 heterocycles. The Balaban J connectivity index is 0.00000162. The summed E-state index contributed by atoms with van der Waals surface area (Å²) < 4.78 is 0. The first-order valence-corrected chi connectivity index (χ1v) is 5.33. The molecule has 2 aromatic rings. The Kier molecular flexibility index (Phi) is 4.64. The summed E-state index contributed by atoms with van der Waals surface area (Å²) in [5.74, 6) is -0.868. The molecule has 0 radical (unpaired) electrons. The third-order valence-corrected chi connectivity index (χ3v) is 2.68. The molecule has 0 aliphatic rings. The van der Waals surface area contributed by atoms with Crippen LogP contribution in [0, 0.1) is 0 Å². The molecule has 0 aliphatic heterocycles. The van der Waals surface area contributed by atoms with Crippen molar-refractivity contribution in [3.63, 3.8) is 0 Å². The molecule has 18 heavy (non-hydrogen) atoms. The number of aromatic nitrogens is 1. The van der Waals surface area contributed by atoms with Crippen molar-refractivity contribution in [1.82, 2.24) is 9.88 Å². The van der Waals surface area contributed by atoms with E-state index in [0.717, 1.165) is 10.9 Å². The Morgan fingerprint density at radius 1 is 1.33 bits per heavy atom. The van der Waals surface area contributed by atoms with Gasteiger partial charge in [0.15, 0.2) is 0 Å². The average molecular weight is 267 g/mol. The third kappa shape index (κ3) is 2.78. The molecule has 0 amide bonds. The highest BCUT2D eigenvalue weighted by Gasteiger charge is 2.22. The maximum absolute atomic E-state index is 11.2. The van der Waals surface area contributed by atoms with E-state index in [1.165, 1.54) is 0 Å². The van der Waals surface area contributed by atoms with Gasteiger partial charge in [-0.15, -0.1) is 12.4 Å². The summed E-state index contributed by atoms with van der Waals surface area (Å²) in [5, 5.41) is 10.2. The van der Waals surface area contributed by atoms with Crippen LogP contribution < -0.4 is 0 Å². The second-order valence-corrected chi connectivity index (χ2v) is 4.17. The molecule has 2 rings (SSSR count). The van der Waals surface area contributed by atoms with E-state index in [1.54, 1.807) is 25.2 Å². The summed E-state index contributed by atoms with van der Waals surface area (Å²) in [6.45, 7) is 0. The standard InChI is InChI=1S/C13H14N2O2.ClH/c1-15(2)12(13(16)17)10-7-9-5-3-4-6-11(9)14-8-10;/h3-8,12H,1-2H3,(H,16,17);1H. The van der Waals surface area contributed by atoms with E-state index in [9.17, 15) is 9.90 Å². The predicted octanol–water partition coefficient (Wildman–Crippen LogP) is 2.34. The van der Waals surface area contributed by atoms with E-state index < -0.39 is 12.0 Å². The van der Waals surface area contributed by atoms with Crippen LogP contribution in [-0.2, 0) is 4.79 Å². The van der Waals surface area contributed by atoms with Gasteiger partial charge in [-0.05, 0) is 31.8 Å². The van der Waals surface area contributed by atoms with Crippen LogP contribution in [0.25, 0.3) is 10.9 Å². The normalized spacial score (nSPS) is 12.2. The van der Waals surface area contributed by atoms with Crippen LogP contribution in [0.3, 0.4) is 0 Å². The molecule has 5 heteroatoms. The number of halogens is 1. The SMILES string of the molecule is CN(C)C(C(=O)O)c1cnc2ccccc2c1.Cl. The van der Waals surface area contributed by atoms with E-state index in [0.29, 0.717) is 5.56 Å². The van der Waals surface area contributed by atoms with Gasteiger partial charge in [-0.3, -0.25) is 14.7 Å². The number of aliphatic carboxylic acids is 1. The van der Waals surface area contributed by atoms with Gasteiger partial charge in [0.2, 0.25) is 0 Å². The molecule has 0 fully saturated rings. The number of fused-ring (bicyclic) bond motifs is 1. The minimum absolute atomic E-state index is 0. The quantitative estimate of drug-likeness (QED) is 0.927. The van der Waals surface area contributed by atoms with Gasteiger partial charge in [-0.2, -0.15) is 0 Å². The van der Waals surface area contributed by atoms with Crippen LogP contribution in [0.2, 0.25) is 0 Å². The Morgan fingerprint density at radius 2 is 2.00 bits per heavy atom. The molecule has 1 atom stereocenters. The average Bonchev–Trinajstić information content (AvgIpc) is 2.28. The van der Waals surface area contributed by atoms with Crippen LogP contribution >= 0.6 is 12.4 Å². The molecule has 0 saturated heterocycles. The number of hydrogen-bond donors (Lipinski definition) is 1. The molecule has 0 aliphatic carbocycles. The minimum atomic E-state index is -0.868. The van der Waals surface area contributed by atoms with Gasteiger partial charge in [0.05, 0.1) is 5.52 Å². The van der Waals surface area contributed by atoms with Crippen LogP contribution in [0.4, 0.5) is 0 Å². The van der Waals surface area contributed by atoms with Crippen molar-refractivity contribution in [2.75, 3.05) is 14.1 Å². The molecular formula is C13H15ClN2O2. The van der Waals surface area contributed by atoms with E-state index in [2.05, 4.69) is 4.98 Å². The van der Waals surface area contributed by atoms with Gasteiger partial charge in [-0.25, -0.2) is 0 Å². The lowest BCUT2D eigenvalue weighted by atomic mass is 10.1. The predicted molar refractivity (Wildman–Crippen MR) is 73.1 cm³/mol. The maximum Gasteiger partial charge on any atom is 0.325 e. The fourth-order valence-electron chi connectivity index (χ4n) is 1.90. The molecule has 0 spiro atoms. The van der Waals surface area contributed by atoms with Crippen LogP contribution in [-0.4, -0.2) is 35.1 Å². The number of carboxylic acids is 1. The third-order valence-electron chi connectivity index (χ3n) is 2.68. The summed E-state index contributed by atoms with van der Waals surface area (Å²) in [7, 11) is 3.49. The number of para-hydroxylation sites is 1. The Bertz CT molecular complexity index is 557. The molecule has 1 aromatic heterocycles. The van der Waals surface area contributed by atoms with Crippen LogP contribution in [0.5, 0.6) is 0 Å². The number of rotatable bonds is 3. The van der Waals surface area contributed by atoms with E-state index >= 15 is 0 Å². The fourth-order valence-corrected chi connectivity index (χ4v) is 1.90. The van der Waals surface area contributed by atoms with Crippen molar-refractivity contribution in [3.05, 3.63) is 42.1 Å². The van der Waals surface area contributed by atoms with Crippen LogP contribution in [0.15, 0.2) is 36.5 Å². The molecule has 96 valence electrons. The molecule has 1 unspecified atom stereocenters. The Morgan fingerprint density at radius 3 is 2.61 bits per heavy atom. The monoisotopic (exact) mass is 266 g/mol. The zero-order chi connectivity index (χ0) is 12.4. The lowest BCUT2D eigenvalue weighted by molar-refractivity contribution is -0.142. The van der Waals surface area contributed by atoms with Gasteiger partial charge < -0.3 is 5.11 Å². The number of benzene rings is 1. The summed E-state index contributed by atoms with van der Waals surface area (Å²) >= 11 is 0.